The average Bonchev–Trinajstić information content (AvgIpc) is 3.12. The van der Waals surface area contributed by atoms with Crippen molar-refractivity contribution in [2.45, 2.75) is 13.5 Å². The molecule has 160 valence electrons. The highest BCUT2D eigenvalue weighted by Crippen LogP contribution is 2.26. The minimum absolute atomic E-state index is 0.0148. The van der Waals surface area contributed by atoms with Gasteiger partial charge in [-0.3, -0.25) is 10.1 Å². The van der Waals surface area contributed by atoms with Crippen molar-refractivity contribution < 1.29 is 23.6 Å². The molecule has 8 heteroatoms. The molecule has 0 radical (unpaired) electrons. The van der Waals surface area contributed by atoms with E-state index in [1.54, 1.807) is 49.4 Å². The highest BCUT2D eigenvalue weighted by atomic mass is 19.1. The van der Waals surface area contributed by atoms with Crippen molar-refractivity contribution in [3.05, 3.63) is 111 Å². The molecule has 3 aromatic carbocycles. The Morgan fingerprint density at radius 3 is 2.69 bits per heavy atom. The van der Waals surface area contributed by atoms with E-state index in [1.807, 2.05) is 0 Å². The Kier molecular flexibility index (Phi) is 5.76. The molecule has 0 bridgehead atoms. The number of nitro benzene ring substituents is 1. The first-order valence-corrected chi connectivity index (χ1v) is 9.65. The van der Waals surface area contributed by atoms with Crippen molar-refractivity contribution in [3.8, 4) is 5.75 Å². The maximum absolute atomic E-state index is 13.3. The Hall–Kier alpha value is -4.33. The van der Waals surface area contributed by atoms with Gasteiger partial charge in [0.05, 0.1) is 4.92 Å². The van der Waals surface area contributed by atoms with Crippen molar-refractivity contribution in [2.75, 3.05) is 0 Å². The van der Waals surface area contributed by atoms with Gasteiger partial charge < -0.3 is 9.47 Å². The SMILES string of the molecule is Cc1c(C2=N/C(=C\c3cccc(OCc4cccc(F)c4)c3)C(=O)O2)cccc1[N+](=O)[O-]. The van der Waals surface area contributed by atoms with E-state index in [9.17, 15) is 19.3 Å². The lowest BCUT2D eigenvalue weighted by molar-refractivity contribution is -0.385. The lowest BCUT2D eigenvalue weighted by Gasteiger charge is -2.07. The number of aliphatic imine (C=N–C) groups is 1. The molecule has 4 rings (SSSR count). The number of benzene rings is 3. The number of hydrogen-bond donors (Lipinski definition) is 0. The number of esters is 1. The Balaban J connectivity index is 1.56. The number of rotatable bonds is 6. The fourth-order valence-electron chi connectivity index (χ4n) is 3.22. The molecule has 1 aliphatic heterocycles. The molecule has 0 atom stereocenters. The number of cyclic esters (lactones) is 1. The summed E-state index contributed by atoms with van der Waals surface area (Å²) in [5, 5.41) is 11.2. The molecule has 0 amide bonds. The molecular formula is C24H17FN2O5. The van der Waals surface area contributed by atoms with Crippen molar-refractivity contribution in [3.63, 3.8) is 0 Å². The number of ether oxygens (including phenoxy) is 2. The first-order valence-electron chi connectivity index (χ1n) is 9.65. The van der Waals surface area contributed by atoms with Crippen molar-refractivity contribution in [1.29, 1.82) is 0 Å². The minimum atomic E-state index is -0.656. The van der Waals surface area contributed by atoms with Crippen LogP contribution in [-0.2, 0) is 16.1 Å². The van der Waals surface area contributed by atoms with E-state index in [4.69, 9.17) is 9.47 Å². The number of nitro groups is 1. The van der Waals surface area contributed by atoms with Crippen LogP contribution in [0.15, 0.2) is 77.4 Å². The van der Waals surface area contributed by atoms with E-state index in [0.29, 0.717) is 28.0 Å². The van der Waals surface area contributed by atoms with E-state index in [0.717, 1.165) is 0 Å². The third kappa shape index (κ3) is 4.54. The molecule has 3 aromatic rings. The number of hydrogen-bond acceptors (Lipinski definition) is 6. The number of carbonyl (C=O) groups excluding carboxylic acids is 1. The topological polar surface area (TPSA) is 91.0 Å². The van der Waals surface area contributed by atoms with Gasteiger partial charge in [-0.2, -0.15) is 0 Å². The average molecular weight is 432 g/mol. The highest BCUT2D eigenvalue weighted by Gasteiger charge is 2.27. The zero-order chi connectivity index (χ0) is 22.7. The van der Waals surface area contributed by atoms with E-state index in [2.05, 4.69) is 4.99 Å². The van der Waals surface area contributed by atoms with E-state index in [1.165, 1.54) is 30.3 Å². The molecule has 0 saturated carbocycles. The van der Waals surface area contributed by atoms with E-state index in [-0.39, 0.29) is 29.7 Å². The van der Waals surface area contributed by atoms with Gasteiger partial charge in [-0.25, -0.2) is 14.2 Å². The van der Waals surface area contributed by atoms with Crippen LogP contribution >= 0.6 is 0 Å². The molecule has 0 spiro atoms. The van der Waals surface area contributed by atoms with Crippen LogP contribution in [0, 0.1) is 22.9 Å². The maximum atomic E-state index is 13.3. The van der Waals surface area contributed by atoms with Crippen LogP contribution < -0.4 is 4.74 Å². The molecule has 0 aliphatic carbocycles. The fraction of sp³-hybridized carbons (Fsp3) is 0.0833. The van der Waals surface area contributed by atoms with Crippen LogP contribution in [0.2, 0.25) is 0 Å². The molecule has 1 aliphatic rings. The summed E-state index contributed by atoms with van der Waals surface area (Å²) in [6, 6.07) is 17.6. The van der Waals surface area contributed by atoms with Gasteiger partial charge in [0.15, 0.2) is 5.70 Å². The Labute approximate surface area is 182 Å². The van der Waals surface area contributed by atoms with Gasteiger partial charge in [0.25, 0.3) is 5.69 Å². The second-order valence-electron chi connectivity index (χ2n) is 7.03. The fourth-order valence-corrected chi connectivity index (χ4v) is 3.22. The molecule has 7 nitrogen and oxygen atoms in total. The quantitative estimate of drug-likeness (QED) is 0.237. The van der Waals surface area contributed by atoms with Gasteiger partial charge in [0.1, 0.15) is 18.2 Å². The lowest BCUT2D eigenvalue weighted by atomic mass is 10.1. The minimum Gasteiger partial charge on any atom is -0.489 e. The molecule has 1 heterocycles. The van der Waals surface area contributed by atoms with E-state index < -0.39 is 10.9 Å². The zero-order valence-corrected chi connectivity index (χ0v) is 16.9. The summed E-state index contributed by atoms with van der Waals surface area (Å²) >= 11 is 0. The van der Waals surface area contributed by atoms with Gasteiger partial charge in [-0.15, -0.1) is 0 Å². The summed E-state index contributed by atoms with van der Waals surface area (Å²) in [6.45, 7) is 1.76. The summed E-state index contributed by atoms with van der Waals surface area (Å²) in [5.74, 6) is -0.441. The molecule has 0 N–H and O–H groups in total. The maximum Gasteiger partial charge on any atom is 0.363 e. The first-order chi connectivity index (χ1) is 15.4. The monoisotopic (exact) mass is 432 g/mol. The third-order valence-corrected chi connectivity index (χ3v) is 4.81. The van der Waals surface area contributed by atoms with Gasteiger partial charge >= 0.3 is 5.97 Å². The summed E-state index contributed by atoms with van der Waals surface area (Å²) in [4.78, 5) is 27.2. The smallest absolute Gasteiger partial charge is 0.363 e. The molecule has 0 aromatic heterocycles. The molecule has 0 saturated heterocycles. The van der Waals surface area contributed by atoms with Crippen molar-refractivity contribution >= 4 is 23.6 Å². The van der Waals surface area contributed by atoms with E-state index >= 15 is 0 Å². The van der Waals surface area contributed by atoms with Crippen LogP contribution in [0.25, 0.3) is 6.08 Å². The second kappa shape index (κ2) is 8.81. The van der Waals surface area contributed by atoms with Gasteiger partial charge in [-0.1, -0.05) is 30.3 Å². The van der Waals surface area contributed by atoms with Crippen LogP contribution in [0.5, 0.6) is 5.75 Å². The Morgan fingerprint density at radius 1 is 1.12 bits per heavy atom. The highest BCUT2D eigenvalue weighted by molar-refractivity contribution is 6.13. The molecule has 32 heavy (non-hydrogen) atoms. The number of carbonyl (C=O) groups is 1. The van der Waals surface area contributed by atoms with Gasteiger partial charge in [0, 0.05) is 17.2 Å². The zero-order valence-electron chi connectivity index (χ0n) is 16.9. The number of halogens is 1. The van der Waals surface area contributed by atoms with Crippen LogP contribution in [-0.4, -0.2) is 16.8 Å². The third-order valence-electron chi connectivity index (χ3n) is 4.81. The van der Waals surface area contributed by atoms with Crippen molar-refractivity contribution in [1.82, 2.24) is 0 Å². The summed E-state index contributed by atoms with van der Waals surface area (Å²) in [7, 11) is 0. The van der Waals surface area contributed by atoms with Crippen LogP contribution in [0.3, 0.4) is 0 Å². The second-order valence-corrected chi connectivity index (χ2v) is 7.03. The lowest BCUT2D eigenvalue weighted by Crippen LogP contribution is -2.08. The summed E-state index contributed by atoms with van der Waals surface area (Å²) in [6.07, 6.45) is 1.54. The molecular weight excluding hydrogens is 415 g/mol. The molecule has 0 fully saturated rings. The van der Waals surface area contributed by atoms with Gasteiger partial charge in [-0.05, 0) is 54.5 Å². The Morgan fingerprint density at radius 2 is 1.91 bits per heavy atom. The standard InChI is InChI=1S/C24H17FN2O5/c1-15-20(9-4-10-22(15)27(29)30)23-26-21(24(28)32-23)13-16-5-3-8-19(12-16)31-14-17-6-2-7-18(25)11-17/h2-13H,14H2,1H3/b21-13-. The summed E-state index contributed by atoms with van der Waals surface area (Å²) in [5.41, 5.74) is 2.06. The first kappa shape index (κ1) is 20.9. The Bertz CT molecular complexity index is 1280. The predicted octanol–water partition coefficient (Wildman–Crippen LogP) is 4.97. The number of nitrogens with zero attached hydrogens (tertiary/aromatic N) is 2. The molecule has 0 unspecified atom stereocenters. The largest absolute Gasteiger partial charge is 0.489 e. The van der Waals surface area contributed by atoms with Gasteiger partial charge in [0.2, 0.25) is 5.90 Å². The summed E-state index contributed by atoms with van der Waals surface area (Å²) < 4.78 is 24.3. The van der Waals surface area contributed by atoms with Crippen LogP contribution in [0.4, 0.5) is 10.1 Å². The predicted molar refractivity (Wildman–Crippen MR) is 116 cm³/mol. The van der Waals surface area contributed by atoms with Crippen molar-refractivity contribution in [2.24, 2.45) is 4.99 Å². The van der Waals surface area contributed by atoms with Crippen LogP contribution in [0.1, 0.15) is 22.3 Å². The normalized spacial score (nSPS) is 14.2.